The number of benzene rings is 1. The van der Waals surface area contributed by atoms with Crippen LogP contribution in [0.4, 0.5) is 0 Å². The zero-order valence-electron chi connectivity index (χ0n) is 13.1. The molecule has 0 radical (unpaired) electrons. The normalized spacial score (nSPS) is 17.1. The van der Waals surface area contributed by atoms with Crippen molar-refractivity contribution in [3.05, 3.63) is 23.8 Å². The molecule has 1 aliphatic rings. The molecule has 3 nitrogen and oxygen atoms in total. The molecule has 1 aromatic carbocycles. The van der Waals surface area contributed by atoms with E-state index in [-0.39, 0.29) is 0 Å². The zero-order chi connectivity index (χ0) is 14.5. The van der Waals surface area contributed by atoms with Gasteiger partial charge in [-0.15, -0.1) is 0 Å². The minimum atomic E-state index is 0.327. The van der Waals surface area contributed by atoms with E-state index in [0.29, 0.717) is 25.3 Å². The molecule has 0 spiro atoms. The molecule has 3 heteroatoms. The number of fused-ring (bicyclic) bond motifs is 1. The van der Waals surface area contributed by atoms with E-state index in [1.165, 1.54) is 18.4 Å². The van der Waals surface area contributed by atoms with E-state index in [0.717, 1.165) is 17.4 Å². The van der Waals surface area contributed by atoms with Gasteiger partial charge in [0.2, 0.25) is 0 Å². The van der Waals surface area contributed by atoms with Gasteiger partial charge in [0, 0.05) is 12.1 Å². The van der Waals surface area contributed by atoms with Crippen molar-refractivity contribution in [3.8, 4) is 11.5 Å². The molecule has 1 aromatic rings. The Bertz CT molecular complexity index is 431. The van der Waals surface area contributed by atoms with E-state index in [9.17, 15) is 0 Å². The predicted molar refractivity (Wildman–Crippen MR) is 82.5 cm³/mol. The lowest BCUT2D eigenvalue weighted by Gasteiger charge is -2.23. The first-order valence-corrected chi connectivity index (χ1v) is 7.72. The average molecular weight is 277 g/mol. The first-order valence-electron chi connectivity index (χ1n) is 7.72. The number of hydrogen-bond acceptors (Lipinski definition) is 3. The summed E-state index contributed by atoms with van der Waals surface area (Å²) in [5.41, 5.74) is 1.26. The second kappa shape index (κ2) is 6.98. The minimum absolute atomic E-state index is 0.327. The topological polar surface area (TPSA) is 30.5 Å². The van der Waals surface area contributed by atoms with Crippen LogP contribution in [-0.4, -0.2) is 19.3 Å². The summed E-state index contributed by atoms with van der Waals surface area (Å²) in [6, 6.07) is 7.09. The number of nitrogens with one attached hydrogen (secondary N) is 1. The summed E-state index contributed by atoms with van der Waals surface area (Å²) in [4.78, 5) is 0. The molecule has 0 bridgehead atoms. The second-order valence-corrected chi connectivity index (χ2v) is 6.16. The largest absolute Gasteiger partial charge is 0.486 e. The van der Waals surface area contributed by atoms with Crippen LogP contribution in [0, 0.1) is 5.92 Å². The van der Waals surface area contributed by atoms with Crippen LogP contribution in [0.3, 0.4) is 0 Å². The van der Waals surface area contributed by atoms with Crippen molar-refractivity contribution < 1.29 is 9.47 Å². The Kier molecular flexibility index (Phi) is 5.30. The Labute approximate surface area is 122 Å². The predicted octanol–water partition coefficient (Wildman–Crippen LogP) is 3.93. The number of rotatable bonds is 6. The molecule has 112 valence electrons. The van der Waals surface area contributed by atoms with E-state index in [2.05, 4.69) is 45.1 Å². The van der Waals surface area contributed by atoms with E-state index >= 15 is 0 Å². The van der Waals surface area contributed by atoms with Crippen LogP contribution in [0.15, 0.2) is 18.2 Å². The van der Waals surface area contributed by atoms with Crippen LogP contribution >= 0.6 is 0 Å². The van der Waals surface area contributed by atoms with E-state index in [1.54, 1.807) is 0 Å². The van der Waals surface area contributed by atoms with Gasteiger partial charge >= 0.3 is 0 Å². The Morgan fingerprint density at radius 2 is 1.70 bits per heavy atom. The maximum Gasteiger partial charge on any atom is 0.161 e. The second-order valence-electron chi connectivity index (χ2n) is 6.16. The fourth-order valence-corrected chi connectivity index (χ4v) is 2.52. The van der Waals surface area contributed by atoms with Crippen LogP contribution in [-0.2, 0) is 0 Å². The standard InChI is InChI=1S/C17H27NO2/c1-12(2)5-6-13(3)18-14(4)15-7-8-16-17(11-15)20-10-9-19-16/h7-8,11-14,18H,5-6,9-10H2,1-4H3. The van der Waals surface area contributed by atoms with Crippen molar-refractivity contribution in [3.63, 3.8) is 0 Å². The molecule has 0 aliphatic carbocycles. The zero-order valence-corrected chi connectivity index (χ0v) is 13.1. The fraction of sp³-hybridized carbons (Fsp3) is 0.647. The number of ether oxygens (including phenoxy) is 2. The fourth-order valence-electron chi connectivity index (χ4n) is 2.52. The summed E-state index contributed by atoms with van der Waals surface area (Å²) in [7, 11) is 0. The van der Waals surface area contributed by atoms with Crippen LogP contribution in [0.2, 0.25) is 0 Å². The number of hydrogen-bond donors (Lipinski definition) is 1. The van der Waals surface area contributed by atoms with Gasteiger partial charge in [-0.3, -0.25) is 0 Å². The monoisotopic (exact) mass is 277 g/mol. The third-order valence-corrected chi connectivity index (χ3v) is 3.78. The van der Waals surface area contributed by atoms with E-state index < -0.39 is 0 Å². The molecule has 0 aromatic heterocycles. The minimum Gasteiger partial charge on any atom is -0.486 e. The first kappa shape index (κ1) is 15.2. The Morgan fingerprint density at radius 3 is 2.40 bits per heavy atom. The summed E-state index contributed by atoms with van der Waals surface area (Å²) in [5, 5.41) is 3.66. The third kappa shape index (κ3) is 4.14. The highest BCUT2D eigenvalue weighted by Gasteiger charge is 2.15. The van der Waals surface area contributed by atoms with Gasteiger partial charge in [-0.1, -0.05) is 19.9 Å². The smallest absolute Gasteiger partial charge is 0.161 e. The molecule has 0 amide bonds. The lowest BCUT2D eigenvalue weighted by molar-refractivity contribution is 0.171. The van der Waals surface area contributed by atoms with Crippen molar-refractivity contribution in [2.24, 2.45) is 5.92 Å². The van der Waals surface area contributed by atoms with Crippen molar-refractivity contribution in [1.82, 2.24) is 5.32 Å². The summed E-state index contributed by atoms with van der Waals surface area (Å²) in [6.45, 7) is 10.3. The summed E-state index contributed by atoms with van der Waals surface area (Å²) in [6.07, 6.45) is 2.48. The summed E-state index contributed by atoms with van der Waals surface area (Å²) >= 11 is 0. The summed E-state index contributed by atoms with van der Waals surface area (Å²) in [5.74, 6) is 2.50. The van der Waals surface area contributed by atoms with Crippen molar-refractivity contribution in [2.75, 3.05) is 13.2 Å². The van der Waals surface area contributed by atoms with Gasteiger partial charge < -0.3 is 14.8 Å². The molecule has 2 atom stereocenters. The molecule has 0 saturated heterocycles. The van der Waals surface area contributed by atoms with Gasteiger partial charge in [0.1, 0.15) is 13.2 Å². The first-order chi connectivity index (χ1) is 9.56. The molecule has 0 fully saturated rings. The molecule has 20 heavy (non-hydrogen) atoms. The van der Waals surface area contributed by atoms with Crippen LogP contribution in [0.1, 0.15) is 52.1 Å². The third-order valence-electron chi connectivity index (χ3n) is 3.78. The van der Waals surface area contributed by atoms with Gasteiger partial charge in [-0.2, -0.15) is 0 Å². The Morgan fingerprint density at radius 1 is 1.00 bits per heavy atom. The van der Waals surface area contributed by atoms with Gasteiger partial charge in [0.05, 0.1) is 0 Å². The van der Waals surface area contributed by atoms with Crippen LogP contribution in [0.5, 0.6) is 11.5 Å². The molecule has 2 unspecified atom stereocenters. The van der Waals surface area contributed by atoms with Gasteiger partial charge in [0.25, 0.3) is 0 Å². The average Bonchev–Trinajstić information content (AvgIpc) is 2.44. The maximum atomic E-state index is 5.65. The van der Waals surface area contributed by atoms with E-state index in [4.69, 9.17) is 9.47 Å². The summed E-state index contributed by atoms with van der Waals surface area (Å²) < 4.78 is 11.2. The SMILES string of the molecule is CC(C)CCC(C)NC(C)c1ccc2c(c1)OCCO2. The molecular weight excluding hydrogens is 250 g/mol. The van der Waals surface area contributed by atoms with Gasteiger partial charge in [-0.25, -0.2) is 0 Å². The Balaban J connectivity index is 1.93. The van der Waals surface area contributed by atoms with Crippen LogP contribution in [0.25, 0.3) is 0 Å². The molecular formula is C17H27NO2. The molecule has 0 saturated carbocycles. The highest BCUT2D eigenvalue weighted by molar-refractivity contribution is 5.44. The maximum absolute atomic E-state index is 5.65. The van der Waals surface area contributed by atoms with E-state index in [1.807, 2.05) is 6.07 Å². The van der Waals surface area contributed by atoms with Gasteiger partial charge in [-0.05, 0) is 50.3 Å². The van der Waals surface area contributed by atoms with Gasteiger partial charge in [0.15, 0.2) is 11.5 Å². The lowest BCUT2D eigenvalue weighted by Crippen LogP contribution is -2.29. The molecule has 1 N–H and O–H groups in total. The molecule has 1 heterocycles. The highest BCUT2D eigenvalue weighted by Crippen LogP contribution is 2.32. The van der Waals surface area contributed by atoms with Crippen molar-refractivity contribution >= 4 is 0 Å². The van der Waals surface area contributed by atoms with Crippen molar-refractivity contribution in [2.45, 2.75) is 52.6 Å². The van der Waals surface area contributed by atoms with Crippen LogP contribution < -0.4 is 14.8 Å². The molecule has 1 aliphatic heterocycles. The Hall–Kier alpha value is -1.22. The molecule has 2 rings (SSSR count). The lowest BCUT2D eigenvalue weighted by atomic mass is 10.0. The quantitative estimate of drug-likeness (QED) is 0.854. The highest BCUT2D eigenvalue weighted by atomic mass is 16.6. The van der Waals surface area contributed by atoms with Crippen molar-refractivity contribution in [1.29, 1.82) is 0 Å².